The maximum absolute atomic E-state index is 6.16. The van der Waals surface area contributed by atoms with Crippen molar-refractivity contribution in [3.05, 3.63) is 22.7 Å². The summed E-state index contributed by atoms with van der Waals surface area (Å²) < 4.78 is 12.4. The van der Waals surface area contributed by atoms with Crippen LogP contribution in [0.4, 0.5) is 0 Å². The summed E-state index contributed by atoms with van der Waals surface area (Å²) in [5.41, 5.74) is 1.04. The van der Waals surface area contributed by atoms with Crippen LogP contribution in [0, 0.1) is 0 Å². The number of tetrazole rings is 1. The monoisotopic (exact) mass is 312 g/mol. The number of aromatic nitrogens is 4. The predicted octanol–water partition coefficient (Wildman–Crippen LogP) is 2.93. The molecule has 1 aromatic heterocycles. The molecule has 6 nitrogen and oxygen atoms in total. The molecule has 1 aliphatic rings. The van der Waals surface area contributed by atoms with Gasteiger partial charge in [0, 0.05) is 5.75 Å². The van der Waals surface area contributed by atoms with Crippen molar-refractivity contribution in [3.8, 4) is 11.5 Å². The highest BCUT2D eigenvalue weighted by Crippen LogP contribution is 2.40. The fourth-order valence-corrected chi connectivity index (χ4v) is 3.08. The van der Waals surface area contributed by atoms with Gasteiger partial charge in [0.05, 0.1) is 11.1 Å². The standard InChI is InChI=1S/C12H13ClN4O2S/c1-7(2)17-12(14-15-16-17)20-5-8-3-9(13)11-10(4-8)18-6-19-11/h3-4,7H,5-6H2,1-2H3. The zero-order chi connectivity index (χ0) is 14.1. The van der Waals surface area contributed by atoms with Gasteiger partial charge in [-0.25, -0.2) is 4.68 Å². The minimum absolute atomic E-state index is 0.219. The van der Waals surface area contributed by atoms with Gasteiger partial charge in [-0.15, -0.1) is 5.10 Å². The first-order valence-corrected chi connectivity index (χ1v) is 7.50. The lowest BCUT2D eigenvalue weighted by atomic mass is 10.2. The molecule has 20 heavy (non-hydrogen) atoms. The molecule has 2 aromatic rings. The van der Waals surface area contributed by atoms with Gasteiger partial charge < -0.3 is 9.47 Å². The molecule has 0 radical (unpaired) electrons. The number of thioether (sulfide) groups is 1. The van der Waals surface area contributed by atoms with E-state index in [4.69, 9.17) is 21.1 Å². The van der Waals surface area contributed by atoms with Crippen molar-refractivity contribution in [2.75, 3.05) is 6.79 Å². The van der Waals surface area contributed by atoms with E-state index in [1.54, 1.807) is 16.4 Å². The summed E-state index contributed by atoms with van der Waals surface area (Å²) in [6, 6.07) is 4.05. The Bertz CT molecular complexity index is 632. The molecule has 0 atom stereocenters. The van der Waals surface area contributed by atoms with E-state index in [1.165, 1.54) is 0 Å². The Labute approximate surface area is 125 Å². The number of ether oxygens (including phenoxy) is 2. The third-order valence-corrected chi connectivity index (χ3v) is 4.09. The minimum Gasteiger partial charge on any atom is -0.454 e. The molecular weight excluding hydrogens is 300 g/mol. The Morgan fingerprint density at radius 3 is 3.05 bits per heavy atom. The second-order valence-electron chi connectivity index (χ2n) is 4.60. The van der Waals surface area contributed by atoms with Crippen LogP contribution in [0.15, 0.2) is 17.3 Å². The van der Waals surface area contributed by atoms with Crippen molar-refractivity contribution in [3.63, 3.8) is 0 Å². The van der Waals surface area contributed by atoms with Crippen LogP contribution in [0.3, 0.4) is 0 Å². The van der Waals surface area contributed by atoms with Gasteiger partial charge in [0.15, 0.2) is 11.5 Å². The summed E-state index contributed by atoms with van der Waals surface area (Å²) in [6.45, 7) is 4.30. The van der Waals surface area contributed by atoms with E-state index in [0.717, 1.165) is 10.7 Å². The van der Waals surface area contributed by atoms with E-state index < -0.39 is 0 Å². The molecule has 0 spiro atoms. The molecule has 8 heteroatoms. The summed E-state index contributed by atoms with van der Waals surface area (Å²) >= 11 is 7.72. The highest BCUT2D eigenvalue weighted by Gasteiger charge is 2.19. The zero-order valence-electron chi connectivity index (χ0n) is 11.0. The van der Waals surface area contributed by atoms with Crippen molar-refractivity contribution >= 4 is 23.4 Å². The number of benzene rings is 1. The van der Waals surface area contributed by atoms with Crippen molar-refractivity contribution < 1.29 is 9.47 Å². The van der Waals surface area contributed by atoms with E-state index in [2.05, 4.69) is 15.5 Å². The third kappa shape index (κ3) is 2.55. The first kappa shape index (κ1) is 13.5. The van der Waals surface area contributed by atoms with Crippen LogP contribution in [0.25, 0.3) is 0 Å². The minimum atomic E-state index is 0.219. The lowest BCUT2D eigenvalue weighted by Crippen LogP contribution is -2.04. The molecule has 106 valence electrons. The second kappa shape index (κ2) is 5.49. The van der Waals surface area contributed by atoms with Crippen LogP contribution in [-0.2, 0) is 5.75 Å². The van der Waals surface area contributed by atoms with Gasteiger partial charge in [-0.3, -0.25) is 0 Å². The lowest BCUT2D eigenvalue weighted by molar-refractivity contribution is 0.174. The molecule has 0 aliphatic carbocycles. The average Bonchev–Trinajstić information content (AvgIpc) is 3.04. The highest BCUT2D eigenvalue weighted by molar-refractivity contribution is 7.98. The van der Waals surface area contributed by atoms with Crippen molar-refractivity contribution in [2.24, 2.45) is 0 Å². The molecule has 2 heterocycles. The molecule has 0 fully saturated rings. The van der Waals surface area contributed by atoms with Crippen LogP contribution < -0.4 is 9.47 Å². The van der Waals surface area contributed by atoms with Gasteiger partial charge in [0.2, 0.25) is 11.9 Å². The number of nitrogens with zero attached hydrogens (tertiary/aromatic N) is 4. The first-order chi connectivity index (χ1) is 9.65. The maximum atomic E-state index is 6.16. The fourth-order valence-electron chi connectivity index (χ4n) is 1.86. The van der Waals surface area contributed by atoms with Crippen LogP contribution in [0.2, 0.25) is 5.02 Å². The molecule has 3 rings (SSSR count). The SMILES string of the molecule is CC(C)n1nnnc1SCc1cc(Cl)c2c(c1)OCO2. The largest absolute Gasteiger partial charge is 0.454 e. The topological polar surface area (TPSA) is 62.1 Å². The smallest absolute Gasteiger partial charge is 0.231 e. The Morgan fingerprint density at radius 1 is 1.40 bits per heavy atom. The van der Waals surface area contributed by atoms with E-state index in [1.807, 2.05) is 26.0 Å². The maximum Gasteiger partial charge on any atom is 0.231 e. The summed E-state index contributed by atoms with van der Waals surface area (Å²) in [4.78, 5) is 0. The molecule has 0 amide bonds. The molecule has 0 unspecified atom stereocenters. The van der Waals surface area contributed by atoms with Crippen LogP contribution in [0.5, 0.6) is 11.5 Å². The van der Waals surface area contributed by atoms with Gasteiger partial charge in [0.25, 0.3) is 0 Å². The average molecular weight is 313 g/mol. The summed E-state index contributed by atoms with van der Waals surface area (Å²) in [7, 11) is 0. The van der Waals surface area contributed by atoms with Gasteiger partial charge in [-0.05, 0) is 42.0 Å². The Kier molecular flexibility index (Phi) is 3.71. The molecular formula is C12H13ClN4O2S. The van der Waals surface area contributed by atoms with Crippen LogP contribution in [-0.4, -0.2) is 27.0 Å². The Balaban J connectivity index is 1.76. The van der Waals surface area contributed by atoms with E-state index in [-0.39, 0.29) is 12.8 Å². The molecule has 1 aliphatic heterocycles. The number of halogens is 1. The van der Waals surface area contributed by atoms with E-state index in [0.29, 0.717) is 22.3 Å². The Morgan fingerprint density at radius 2 is 2.25 bits per heavy atom. The predicted molar refractivity (Wildman–Crippen MR) is 75.3 cm³/mol. The van der Waals surface area contributed by atoms with Crippen molar-refractivity contribution in [1.29, 1.82) is 0 Å². The van der Waals surface area contributed by atoms with Gasteiger partial charge in [0.1, 0.15) is 0 Å². The van der Waals surface area contributed by atoms with Gasteiger partial charge >= 0.3 is 0 Å². The fraction of sp³-hybridized carbons (Fsp3) is 0.417. The first-order valence-electron chi connectivity index (χ1n) is 6.14. The third-order valence-electron chi connectivity index (χ3n) is 2.81. The van der Waals surface area contributed by atoms with E-state index >= 15 is 0 Å². The molecule has 0 saturated heterocycles. The number of hydrogen-bond donors (Lipinski definition) is 0. The molecule has 0 bridgehead atoms. The normalized spacial score (nSPS) is 13.2. The quantitative estimate of drug-likeness (QED) is 0.809. The second-order valence-corrected chi connectivity index (χ2v) is 5.95. The zero-order valence-corrected chi connectivity index (χ0v) is 12.6. The molecule has 0 N–H and O–H groups in total. The number of fused-ring (bicyclic) bond motifs is 1. The summed E-state index contributed by atoms with van der Waals surface area (Å²) in [6.07, 6.45) is 0. The van der Waals surface area contributed by atoms with Crippen LogP contribution in [0.1, 0.15) is 25.5 Å². The number of rotatable bonds is 4. The van der Waals surface area contributed by atoms with Gasteiger partial charge in [-0.2, -0.15) is 0 Å². The number of hydrogen-bond acceptors (Lipinski definition) is 6. The summed E-state index contributed by atoms with van der Waals surface area (Å²) in [5.74, 6) is 2.02. The highest BCUT2D eigenvalue weighted by atomic mass is 35.5. The van der Waals surface area contributed by atoms with Crippen LogP contribution >= 0.6 is 23.4 Å². The Hall–Kier alpha value is -1.47. The van der Waals surface area contributed by atoms with Crippen molar-refractivity contribution in [2.45, 2.75) is 30.8 Å². The van der Waals surface area contributed by atoms with Gasteiger partial charge in [-0.1, -0.05) is 23.4 Å². The summed E-state index contributed by atoms with van der Waals surface area (Å²) in [5, 5.41) is 13.0. The molecule has 0 saturated carbocycles. The van der Waals surface area contributed by atoms with E-state index in [9.17, 15) is 0 Å². The van der Waals surface area contributed by atoms with Crippen molar-refractivity contribution in [1.82, 2.24) is 20.2 Å². The lowest BCUT2D eigenvalue weighted by Gasteiger charge is -2.08. The molecule has 1 aromatic carbocycles.